The Bertz CT molecular complexity index is 635. The fourth-order valence-corrected chi connectivity index (χ4v) is 1.43. The van der Waals surface area contributed by atoms with E-state index in [-0.39, 0.29) is 17.7 Å². The van der Waals surface area contributed by atoms with Gasteiger partial charge >= 0.3 is 5.97 Å². The van der Waals surface area contributed by atoms with Crippen LogP contribution in [0.15, 0.2) is 17.2 Å². The number of fused-ring (bicyclic) bond motifs is 1. The molecule has 0 bridgehead atoms. The number of ether oxygens (including phenoxy) is 1. The van der Waals surface area contributed by atoms with Gasteiger partial charge < -0.3 is 4.74 Å². The van der Waals surface area contributed by atoms with Crippen LogP contribution in [0.4, 0.5) is 0 Å². The molecule has 7 nitrogen and oxygen atoms in total. The summed E-state index contributed by atoms with van der Waals surface area (Å²) in [7, 11) is 1.26. The quantitative estimate of drug-likeness (QED) is 0.661. The predicted molar refractivity (Wildman–Crippen MR) is 58.3 cm³/mol. The van der Waals surface area contributed by atoms with Crippen LogP contribution in [0, 0.1) is 6.92 Å². The summed E-state index contributed by atoms with van der Waals surface area (Å²) in [4.78, 5) is 35.1. The van der Waals surface area contributed by atoms with E-state index in [1.807, 2.05) is 0 Å². The third-order valence-corrected chi connectivity index (χ3v) is 2.30. The Balaban J connectivity index is 2.64. The zero-order valence-corrected chi connectivity index (χ0v) is 9.38. The maximum absolute atomic E-state index is 12.0. The average molecular weight is 234 g/mol. The Morgan fingerprint density at radius 3 is 2.82 bits per heavy atom. The van der Waals surface area contributed by atoms with Crippen LogP contribution < -0.4 is 5.56 Å². The first-order chi connectivity index (χ1) is 8.13. The molecule has 0 saturated carbocycles. The summed E-state index contributed by atoms with van der Waals surface area (Å²) in [6.45, 7) is 1.44. The third kappa shape index (κ3) is 1.99. The van der Waals surface area contributed by atoms with Crippen molar-refractivity contribution in [3.05, 3.63) is 28.6 Å². The van der Waals surface area contributed by atoms with E-state index in [1.54, 1.807) is 6.92 Å². The molecule has 2 heterocycles. The van der Waals surface area contributed by atoms with Gasteiger partial charge in [-0.25, -0.2) is 15.0 Å². The summed E-state index contributed by atoms with van der Waals surface area (Å²) in [5, 5.41) is 0. The third-order valence-electron chi connectivity index (χ3n) is 2.30. The number of esters is 1. The van der Waals surface area contributed by atoms with Gasteiger partial charge in [0.2, 0.25) is 0 Å². The highest BCUT2D eigenvalue weighted by molar-refractivity contribution is 5.71. The minimum absolute atomic E-state index is 0.141. The molecular weight excluding hydrogens is 224 g/mol. The monoisotopic (exact) mass is 234 g/mol. The lowest BCUT2D eigenvalue weighted by atomic mass is 10.4. The van der Waals surface area contributed by atoms with Gasteiger partial charge in [0.15, 0.2) is 11.2 Å². The fraction of sp³-hybridized carbons (Fsp3) is 0.300. The molecule has 0 amide bonds. The molecule has 0 aromatic carbocycles. The topological polar surface area (TPSA) is 87.0 Å². The second kappa shape index (κ2) is 4.28. The predicted octanol–water partition coefficient (Wildman–Crippen LogP) is -0.332. The smallest absolute Gasteiger partial charge is 0.325 e. The van der Waals surface area contributed by atoms with E-state index in [0.717, 1.165) is 0 Å². The van der Waals surface area contributed by atoms with Crippen molar-refractivity contribution < 1.29 is 9.53 Å². The molecule has 88 valence electrons. The van der Waals surface area contributed by atoms with Gasteiger partial charge in [0, 0.05) is 12.4 Å². The molecule has 0 N–H and O–H groups in total. The summed E-state index contributed by atoms with van der Waals surface area (Å²) in [6.07, 6.45) is 2.86. The number of aryl methyl sites for hydroxylation is 1. The van der Waals surface area contributed by atoms with Crippen LogP contribution in [-0.4, -0.2) is 32.6 Å². The molecule has 0 radical (unpaired) electrons. The van der Waals surface area contributed by atoms with Gasteiger partial charge in [-0.3, -0.25) is 14.2 Å². The van der Waals surface area contributed by atoms with E-state index in [9.17, 15) is 9.59 Å². The summed E-state index contributed by atoms with van der Waals surface area (Å²) < 4.78 is 5.72. The van der Waals surface area contributed by atoms with Gasteiger partial charge in [0.25, 0.3) is 5.56 Å². The van der Waals surface area contributed by atoms with Gasteiger partial charge in [-0.05, 0) is 6.92 Å². The van der Waals surface area contributed by atoms with E-state index >= 15 is 0 Å². The van der Waals surface area contributed by atoms with Crippen molar-refractivity contribution in [1.29, 1.82) is 0 Å². The second-order valence-electron chi connectivity index (χ2n) is 3.36. The molecule has 7 heteroatoms. The van der Waals surface area contributed by atoms with Crippen LogP contribution in [0.2, 0.25) is 0 Å². The summed E-state index contributed by atoms with van der Waals surface area (Å²) in [6, 6.07) is 0. The number of hydrogen-bond acceptors (Lipinski definition) is 6. The molecule has 0 aliphatic carbocycles. The average Bonchev–Trinajstić information content (AvgIpc) is 2.34. The van der Waals surface area contributed by atoms with E-state index in [2.05, 4.69) is 19.7 Å². The van der Waals surface area contributed by atoms with Crippen LogP contribution >= 0.6 is 0 Å². The highest BCUT2D eigenvalue weighted by atomic mass is 16.5. The largest absolute Gasteiger partial charge is 0.468 e. The van der Waals surface area contributed by atoms with Crippen molar-refractivity contribution in [2.75, 3.05) is 7.11 Å². The summed E-state index contributed by atoms with van der Waals surface area (Å²) >= 11 is 0. The molecule has 2 aromatic rings. The van der Waals surface area contributed by atoms with Crippen molar-refractivity contribution in [3.63, 3.8) is 0 Å². The maximum Gasteiger partial charge on any atom is 0.325 e. The van der Waals surface area contributed by atoms with E-state index in [0.29, 0.717) is 5.82 Å². The molecular formula is C10H10N4O3. The van der Waals surface area contributed by atoms with Gasteiger partial charge in [-0.1, -0.05) is 0 Å². The molecule has 0 aliphatic heterocycles. The van der Waals surface area contributed by atoms with Crippen LogP contribution in [0.5, 0.6) is 0 Å². The number of hydrogen-bond donors (Lipinski definition) is 0. The Kier molecular flexibility index (Phi) is 2.82. The van der Waals surface area contributed by atoms with Gasteiger partial charge in [0.1, 0.15) is 12.4 Å². The second-order valence-corrected chi connectivity index (χ2v) is 3.36. The molecule has 0 aliphatic rings. The lowest BCUT2D eigenvalue weighted by Crippen LogP contribution is -2.28. The summed E-state index contributed by atoms with van der Waals surface area (Å²) in [5.74, 6) is -0.117. The Labute approximate surface area is 96.1 Å². The first-order valence-corrected chi connectivity index (χ1v) is 4.88. The van der Waals surface area contributed by atoms with Crippen LogP contribution in [0.3, 0.4) is 0 Å². The Morgan fingerprint density at radius 1 is 1.41 bits per heavy atom. The lowest BCUT2D eigenvalue weighted by Gasteiger charge is -2.07. The highest BCUT2D eigenvalue weighted by Crippen LogP contribution is 2.01. The number of carbonyl (C=O) groups is 1. The van der Waals surface area contributed by atoms with Crippen molar-refractivity contribution in [1.82, 2.24) is 19.5 Å². The first kappa shape index (κ1) is 11.2. The van der Waals surface area contributed by atoms with Crippen LogP contribution in [-0.2, 0) is 16.1 Å². The molecule has 0 spiro atoms. The Hall–Kier alpha value is -2.31. The van der Waals surface area contributed by atoms with Crippen molar-refractivity contribution in [2.24, 2.45) is 0 Å². The SMILES string of the molecule is COC(=O)Cn1c(C)nc2nccnc2c1=O. The number of aromatic nitrogens is 4. The molecule has 17 heavy (non-hydrogen) atoms. The zero-order chi connectivity index (χ0) is 12.4. The minimum Gasteiger partial charge on any atom is -0.468 e. The van der Waals surface area contributed by atoms with E-state index < -0.39 is 11.5 Å². The zero-order valence-electron chi connectivity index (χ0n) is 9.38. The van der Waals surface area contributed by atoms with Crippen molar-refractivity contribution >= 4 is 17.1 Å². The van der Waals surface area contributed by atoms with Crippen LogP contribution in [0.25, 0.3) is 11.2 Å². The van der Waals surface area contributed by atoms with E-state index in [4.69, 9.17) is 0 Å². The van der Waals surface area contributed by atoms with Gasteiger partial charge in [-0.2, -0.15) is 0 Å². The van der Waals surface area contributed by atoms with Gasteiger partial charge in [-0.15, -0.1) is 0 Å². The number of rotatable bonds is 2. The molecule has 0 atom stereocenters. The molecule has 0 saturated heterocycles. The standard InChI is InChI=1S/C10H10N4O3/c1-6-13-9-8(11-3-4-12-9)10(16)14(6)5-7(15)17-2/h3-4H,5H2,1-2H3. The molecule has 0 fully saturated rings. The number of methoxy groups -OCH3 is 1. The van der Waals surface area contributed by atoms with Gasteiger partial charge in [0.05, 0.1) is 7.11 Å². The fourth-order valence-electron chi connectivity index (χ4n) is 1.43. The summed E-state index contributed by atoms with van der Waals surface area (Å²) in [5.41, 5.74) is 0.0177. The van der Waals surface area contributed by atoms with Crippen molar-refractivity contribution in [2.45, 2.75) is 13.5 Å². The Morgan fingerprint density at radius 2 is 2.12 bits per heavy atom. The molecule has 0 unspecified atom stereocenters. The number of nitrogens with zero attached hydrogens (tertiary/aromatic N) is 4. The number of carbonyl (C=O) groups excluding carboxylic acids is 1. The lowest BCUT2D eigenvalue weighted by molar-refractivity contribution is -0.141. The van der Waals surface area contributed by atoms with Crippen LogP contribution in [0.1, 0.15) is 5.82 Å². The van der Waals surface area contributed by atoms with E-state index in [1.165, 1.54) is 24.1 Å². The highest BCUT2D eigenvalue weighted by Gasteiger charge is 2.12. The first-order valence-electron chi connectivity index (χ1n) is 4.88. The molecule has 2 rings (SSSR count). The minimum atomic E-state index is -0.514. The molecule has 2 aromatic heterocycles. The normalized spacial score (nSPS) is 10.5. The van der Waals surface area contributed by atoms with Crippen molar-refractivity contribution in [3.8, 4) is 0 Å². The maximum atomic E-state index is 12.0.